The van der Waals surface area contributed by atoms with Crippen LogP contribution in [0.15, 0.2) is 48.5 Å². The van der Waals surface area contributed by atoms with Crippen molar-refractivity contribution in [1.29, 1.82) is 0 Å². The van der Waals surface area contributed by atoms with E-state index in [4.69, 9.17) is 0 Å². The number of hydrogen-bond acceptors (Lipinski definition) is 1. The highest BCUT2D eigenvalue weighted by Gasteiger charge is 2.06. The molecule has 1 atom stereocenters. The second-order valence-electron chi connectivity index (χ2n) is 5.62. The zero-order valence-corrected chi connectivity index (χ0v) is 12.5. The SMILES string of the molecule is CCCCc1ccc(CC(C)c2ccc(O)cc2)cc1. The summed E-state index contributed by atoms with van der Waals surface area (Å²) >= 11 is 0. The molecule has 106 valence electrons. The van der Waals surface area contributed by atoms with Gasteiger partial charge in [-0.1, -0.05) is 56.7 Å². The van der Waals surface area contributed by atoms with Crippen LogP contribution in [0.3, 0.4) is 0 Å². The lowest BCUT2D eigenvalue weighted by Crippen LogP contribution is -1.98. The van der Waals surface area contributed by atoms with Gasteiger partial charge in [0, 0.05) is 0 Å². The molecule has 0 aromatic heterocycles. The third-order valence-corrected chi connectivity index (χ3v) is 3.85. The first-order valence-electron chi connectivity index (χ1n) is 7.55. The van der Waals surface area contributed by atoms with Crippen molar-refractivity contribution in [3.63, 3.8) is 0 Å². The second-order valence-corrected chi connectivity index (χ2v) is 5.62. The van der Waals surface area contributed by atoms with E-state index in [0.717, 1.165) is 6.42 Å². The number of phenolic OH excluding ortho intramolecular Hbond substituents is 1. The Bertz CT molecular complexity index is 510. The van der Waals surface area contributed by atoms with Crippen molar-refractivity contribution in [3.8, 4) is 5.75 Å². The number of aromatic hydroxyl groups is 1. The summed E-state index contributed by atoms with van der Waals surface area (Å²) in [6.07, 6.45) is 4.74. The first-order chi connectivity index (χ1) is 9.69. The molecule has 0 spiro atoms. The minimum Gasteiger partial charge on any atom is -0.508 e. The van der Waals surface area contributed by atoms with Crippen molar-refractivity contribution in [2.24, 2.45) is 0 Å². The van der Waals surface area contributed by atoms with E-state index in [1.165, 1.54) is 36.0 Å². The fourth-order valence-electron chi connectivity index (χ4n) is 2.50. The molecule has 2 aromatic carbocycles. The molecular weight excluding hydrogens is 244 g/mol. The van der Waals surface area contributed by atoms with Gasteiger partial charge in [0.15, 0.2) is 0 Å². The zero-order chi connectivity index (χ0) is 14.4. The van der Waals surface area contributed by atoms with Gasteiger partial charge in [-0.2, -0.15) is 0 Å². The number of aryl methyl sites for hydroxylation is 1. The molecule has 0 saturated carbocycles. The molecule has 1 heteroatoms. The summed E-state index contributed by atoms with van der Waals surface area (Å²) in [7, 11) is 0. The lowest BCUT2D eigenvalue weighted by atomic mass is 9.93. The predicted octanol–water partition coefficient (Wildman–Crippen LogP) is 5.08. The number of phenols is 1. The fraction of sp³-hybridized carbons (Fsp3) is 0.368. The molecule has 0 amide bonds. The maximum absolute atomic E-state index is 9.33. The largest absolute Gasteiger partial charge is 0.508 e. The summed E-state index contributed by atoms with van der Waals surface area (Å²) < 4.78 is 0. The molecule has 0 bridgehead atoms. The van der Waals surface area contributed by atoms with E-state index in [2.05, 4.69) is 38.1 Å². The molecule has 1 unspecified atom stereocenters. The van der Waals surface area contributed by atoms with Crippen molar-refractivity contribution in [2.75, 3.05) is 0 Å². The Labute approximate surface area is 122 Å². The topological polar surface area (TPSA) is 20.2 Å². The van der Waals surface area contributed by atoms with Crippen LogP contribution >= 0.6 is 0 Å². The molecule has 0 aliphatic heterocycles. The van der Waals surface area contributed by atoms with Crippen LogP contribution < -0.4 is 0 Å². The van der Waals surface area contributed by atoms with E-state index in [9.17, 15) is 5.11 Å². The summed E-state index contributed by atoms with van der Waals surface area (Å²) in [5.74, 6) is 0.804. The Balaban J connectivity index is 1.97. The highest BCUT2D eigenvalue weighted by molar-refractivity contribution is 5.30. The molecule has 0 saturated heterocycles. The Kier molecular flexibility index (Phi) is 5.23. The Morgan fingerprint density at radius 3 is 2.10 bits per heavy atom. The minimum atomic E-state index is 0.334. The van der Waals surface area contributed by atoms with E-state index in [1.807, 2.05) is 12.1 Å². The zero-order valence-electron chi connectivity index (χ0n) is 12.5. The number of rotatable bonds is 6. The molecule has 1 nitrogen and oxygen atoms in total. The lowest BCUT2D eigenvalue weighted by molar-refractivity contribution is 0.475. The molecule has 20 heavy (non-hydrogen) atoms. The lowest BCUT2D eigenvalue weighted by Gasteiger charge is -2.12. The first kappa shape index (κ1) is 14.6. The Hall–Kier alpha value is -1.76. The number of hydrogen-bond donors (Lipinski definition) is 1. The van der Waals surface area contributed by atoms with Crippen LogP contribution in [-0.4, -0.2) is 5.11 Å². The molecule has 0 heterocycles. The molecule has 2 aromatic rings. The summed E-state index contributed by atoms with van der Waals surface area (Å²) in [4.78, 5) is 0. The monoisotopic (exact) mass is 268 g/mol. The Morgan fingerprint density at radius 2 is 1.50 bits per heavy atom. The van der Waals surface area contributed by atoms with Gasteiger partial charge in [0.05, 0.1) is 0 Å². The standard InChI is InChI=1S/C19H24O/c1-3-4-5-16-6-8-17(9-7-16)14-15(2)18-10-12-19(20)13-11-18/h6-13,15,20H,3-5,14H2,1-2H3. The van der Waals surface area contributed by atoms with Gasteiger partial charge < -0.3 is 5.11 Å². The molecule has 0 fully saturated rings. The molecule has 0 aliphatic carbocycles. The van der Waals surface area contributed by atoms with Gasteiger partial charge >= 0.3 is 0 Å². The summed E-state index contributed by atoms with van der Waals surface area (Å²) in [5.41, 5.74) is 4.09. The Morgan fingerprint density at radius 1 is 0.900 bits per heavy atom. The van der Waals surface area contributed by atoms with Gasteiger partial charge in [-0.3, -0.25) is 0 Å². The molecule has 2 rings (SSSR count). The summed E-state index contributed by atoms with van der Waals surface area (Å²) in [6, 6.07) is 16.6. The quantitative estimate of drug-likeness (QED) is 0.774. The van der Waals surface area contributed by atoms with Crippen molar-refractivity contribution in [3.05, 3.63) is 65.2 Å². The third kappa shape index (κ3) is 4.12. The first-order valence-corrected chi connectivity index (χ1v) is 7.55. The molecular formula is C19H24O. The van der Waals surface area contributed by atoms with Crippen LogP contribution in [0.25, 0.3) is 0 Å². The number of benzene rings is 2. The fourth-order valence-corrected chi connectivity index (χ4v) is 2.50. The predicted molar refractivity (Wildman–Crippen MR) is 85.3 cm³/mol. The van der Waals surface area contributed by atoms with Crippen molar-refractivity contribution in [1.82, 2.24) is 0 Å². The van der Waals surface area contributed by atoms with Crippen molar-refractivity contribution < 1.29 is 5.11 Å². The highest BCUT2D eigenvalue weighted by Crippen LogP contribution is 2.22. The summed E-state index contributed by atoms with van der Waals surface area (Å²) in [6.45, 7) is 4.46. The summed E-state index contributed by atoms with van der Waals surface area (Å²) in [5, 5.41) is 9.33. The van der Waals surface area contributed by atoms with E-state index >= 15 is 0 Å². The maximum Gasteiger partial charge on any atom is 0.115 e. The van der Waals surface area contributed by atoms with Crippen LogP contribution in [0, 0.1) is 0 Å². The van der Waals surface area contributed by atoms with Crippen molar-refractivity contribution >= 4 is 0 Å². The highest BCUT2D eigenvalue weighted by atomic mass is 16.3. The van der Waals surface area contributed by atoms with Gasteiger partial charge in [-0.25, -0.2) is 0 Å². The van der Waals surface area contributed by atoms with Crippen LogP contribution in [-0.2, 0) is 12.8 Å². The van der Waals surface area contributed by atoms with Crippen LogP contribution in [0.5, 0.6) is 5.75 Å². The van der Waals surface area contributed by atoms with E-state index in [1.54, 1.807) is 12.1 Å². The van der Waals surface area contributed by atoms with E-state index < -0.39 is 0 Å². The van der Waals surface area contributed by atoms with Gasteiger partial charge in [-0.05, 0) is 54.0 Å². The maximum atomic E-state index is 9.33. The third-order valence-electron chi connectivity index (χ3n) is 3.85. The molecule has 0 radical (unpaired) electrons. The van der Waals surface area contributed by atoms with Crippen molar-refractivity contribution in [2.45, 2.75) is 45.4 Å². The van der Waals surface area contributed by atoms with Gasteiger partial charge in [0.2, 0.25) is 0 Å². The van der Waals surface area contributed by atoms with Gasteiger partial charge in [0.1, 0.15) is 5.75 Å². The normalized spacial score (nSPS) is 12.3. The van der Waals surface area contributed by atoms with Crippen LogP contribution in [0.1, 0.15) is 49.3 Å². The van der Waals surface area contributed by atoms with Crippen LogP contribution in [0.4, 0.5) is 0 Å². The van der Waals surface area contributed by atoms with E-state index in [0.29, 0.717) is 11.7 Å². The smallest absolute Gasteiger partial charge is 0.115 e. The number of unbranched alkanes of at least 4 members (excludes halogenated alkanes) is 1. The second kappa shape index (κ2) is 7.14. The average Bonchev–Trinajstić information content (AvgIpc) is 2.47. The van der Waals surface area contributed by atoms with Crippen LogP contribution in [0.2, 0.25) is 0 Å². The van der Waals surface area contributed by atoms with Gasteiger partial charge in [-0.15, -0.1) is 0 Å². The average molecular weight is 268 g/mol. The minimum absolute atomic E-state index is 0.334. The molecule has 0 aliphatic rings. The molecule has 1 N–H and O–H groups in total. The van der Waals surface area contributed by atoms with Gasteiger partial charge in [0.25, 0.3) is 0 Å². The van der Waals surface area contributed by atoms with E-state index in [-0.39, 0.29) is 0 Å².